The summed E-state index contributed by atoms with van der Waals surface area (Å²) in [7, 11) is 1.99. The number of nitrogens with one attached hydrogen (secondary N) is 1. The lowest BCUT2D eigenvalue weighted by molar-refractivity contribution is 0.122. The predicted octanol–water partition coefficient (Wildman–Crippen LogP) is 1.54. The molecule has 2 aromatic heterocycles. The molecule has 1 aromatic carbocycles. The van der Waals surface area contributed by atoms with E-state index in [4.69, 9.17) is 14.7 Å². The topological polar surface area (TPSA) is 86.1 Å². The monoisotopic (exact) mass is 436 g/mol. The highest BCUT2D eigenvalue weighted by Gasteiger charge is 2.14. The number of morpholine rings is 1. The normalized spacial score (nSPS) is 15.8. The summed E-state index contributed by atoms with van der Waals surface area (Å²) in [5.41, 5.74) is 3.73. The summed E-state index contributed by atoms with van der Waals surface area (Å²) < 4.78 is 5.45. The second-order valence-electron chi connectivity index (χ2n) is 7.55. The third-order valence-corrected chi connectivity index (χ3v) is 6.14. The molecule has 8 nitrogen and oxygen atoms in total. The molecule has 0 radical (unpaired) electrons. The molecule has 0 aliphatic carbocycles. The lowest BCUT2D eigenvalue weighted by atomic mass is 10.1. The number of nitrogens with zero attached hydrogens (tertiary/aromatic N) is 5. The molecule has 0 spiro atoms. The SMILES string of the molecule is CN1C=c2c(Nc3nc(CO)cs3)nc(-c3ccc(N4CCOCC4)cc3)cc2=NC1. The van der Waals surface area contributed by atoms with E-state index in [1.807, 2.05) is 29.6 Å². The lowest BCUT2D eigenvalue weighted by Crippen LogP contribution is -2.37. The first-order valence-electron chi connectivity index (χ1n) is 10.2. The van der Waals surface area contributed by atoms with Gasteiger partial charge in [0.15, 0.2) is 5.13 Å². The standard InChI is InChI=1S/C22H24N6O2S/c1-27-11-18-20(23-14-27)10-19(25-21(18)26-22-24-16(12-29)13-31-22)15-2-4-17(5-3-15)28-6-8-30-9-7-28/h2-5,10-11,13,29H,6-9,12,14H2,1H3,(H,24,25,26). The summed E-state index contributed by atoms with van der Waals surface area (Å²) in [6.07, 6.45) is 2.05. The molecule has 5 rings (SSSR count). The van der Waals surface area contributed by atoms with Crippen LogP contribution in [0, 0.1) is 0 Å². The summed E-state index contributed by atoms with van der Waals surface area (Å²) in [4.78, 5) is 18.4. The maximum atomic E-state index is 9.32. The molecule has 9 heteroatoms. The van der Waals surface area contributed by atoms with Crippen molar-refractivity contribution < 1.29 is 9.84 Å². The number of hydrogen-bond acceptors (Lipinski definition) is 9. The minimum absolute atomic E-state index is 0.0799. The van der Waals surface area contributed by atoms with Crippen molar-refractivity contribution >= 4 is 34.2 Å². The van der Waals surface area contributed by atoms with Gasteiger partial charge in [-0.3, -0.25) is 4.99 Å². The number of ether oxygens (including phenoxy) is 1. The van der Waals surface area contributed by atoms with E-state index in [0.717, 1.165) is 48.1 Å². The van der Waals surface area contributed by atoms with E-state index >= 15 is 0 Å². The Morgan fingerprint density at radius 1 is 1.16 bits per heavy atom. The average Bonchev–Trinajstić information content (AvgIpc) is 3.27. The number of benzene rings is 1. The molecule has 3 aromatic rings. The van der Waals surface area contributed by atoms with Crippen molar-refractivity contribution in [1.82, 2.24) is 14.9 Å². The first kappa shape index (κ1) is 19.9. The Hall–Kier alpha value is -3.01. The molecule has 31 heavy (non-hydrogen) atoms. The van der Waals surface area contributed by atoms with Gasteiger partial charge in [0.05, 0.1) is 41.8 Å². The van der Waals surface area contributed by atoms with Crippen LogP contribution in [0.2, 0.25) is 0 Å². The van der Waals surface area contributed by atoms with Crippen molar-refractivity contribution in [2.24, 2.45) is 4.99 Å². The van der Waals surface area contributed by atoms with Gasteiger partial charge < -0.3 is 25.0 Å². The molecule has 1 saturated heterocycles. The second-order valence-corrected chi connectivity index (χ2v) is 8.41. The lowest BCUT2D eigenvalue weighted by Gasteiger charge is -2.28. The van der Waals surface area contributed by atoms with E-state index in [2.05, 4.69) is 39.5 Å². The fraction of sp³-hybridized carbons (Fsp3) is 0.318. The smallest absolute Gasteiger partial charge is 0.188 e. The number of aliphatic hydroxyl groups excluding tert-OH is 1. The summed E-state index contributed by atoms with van der Waals surface area (Å²) in [5, 5.41) is 17.0. The van der Waals surface area contributed by atoms with Crippen LogP contribution < -0.4 is 20.8 Å². The van der Waals surface area contributed by atoms with Gasteiger partial charge in [-0.25, -0.2) is 9.97 Å². The van der Waals surface area contributed by atoms with Crippen LogP contribution in [0.15, 0.2) is 40.7 Å². The van der Waals surface area contributed by atoms with Gasteiger partial charge in [0.25, 0.3) is 0 Å². The molecule has 0 unspecified atom stereocenters. The van der Waals surface area contributed by atoms with Crippen LogP contribution in [0.3, 0.4) is 0 Å². The van der Waals surface area contributed by atoms with Crippen molar-refractivity contribution in [1.29, 1.82) is 0 Å². The van der Waals surface area contributed by atoms with Crippen LogP contribution in [0.1, 0.15) is 5.69 Å². The molecule has 0 atom stereocenters. The van der Waals surface area contributed by atoms with Gasteiger partial charge >= 0.3 is 0 Å². The van der Waals surface area contributed by atoms with Crippen molar-refractivity contribution in [3.63, 3.8) is 0 Å². The molecule has 0 saturated carbocycles. The zero-order valence-electron chi connectivity index (χ0n) is 17.3. The van der Waals surface area contributed by atoms with Crippen LogP contribution in [-0.4, -0.2) is 60.0 Å². The molecular formula is C22H24N6O2S. The molecule has 1 fully saturated rings. The fourth-order valence-electron chi connectivity index (χ4n) is 3.69. The number of anilines is 3. The van der Waals surface area contributed by atoms with E-state index in [1.165, 1.54) is 17.0 Å². The highest BCUT2D eigenvalue weighted by molar-refractivity contribution is 7.13. The second kappa shape index (κ2) is 8.62. The Morgan fingerprint density at radius 3 is 2.71 bits per heavy atom. The Kier molecular flexibility index (Phi) is 5.54. The quantitative estimate of drug-likeness (QED) is 0.627. The van der Waals surface area contributed by atoms with Gasteiger partial charge in [0, 0.05) is 43.0 Å². The maximum absolute atomic E-state index is 9.32. The van der Waals surface area contributed by atoms with Crippen molar-refractivity contribution in [2.75, 3.05) is 50.2 Å². The van der Waals surface area contributed by atoms with Crippen molar-refractivity contribution in [2.45, 2.75) is 6.61 Å². The highest BCUT2D eigenvalue weighted by atomic mass is 32.1. The van der Waals surface area contributed by atoms with Crippen LogP contribution >= 0.6 is 11.3 Å². The molecule has 0 amide bonds. The predicted molar refractivity (Wildman–Crippen MR) is 122 cm³/mol. The summed E-state index contributed by atoms with van der Waals surface area (Å²) in [5.74, 6) is 0.707. The average molecular weight is 437 g/mol. The first-order valence-corrected chi connectivity index (χ1v) is 11.1. The Bertz CT molecular complexity index is 1190. The number of fused-ring (bicyclic) bond motifs is 1. The van der Waals surface area contributed by atoms with Crippen LogP contribution in [-0.2, 0) is 11.3 Å². The number of aromatic nitrogens is 2. The van der Waals surface area contributed by atoms with Crippen molar-refractivity contribution in [3.05, 3.63) is 52.0 Å². The van der Waals surface area contributed by atoms with Gasteiger partial charge in [-0.2, -0.15) is 0 Å². The minimum Gasteiger partial charge on any atom is -0.390 e. The summed E-state index contributed by atoms with van der Waals surface area (Å²) >= 11 is 1.44. The van der Waals surface area contributed by atoms with E-state index in [-0.39, 0.29) is 6.61 Å². The molecule has 2 N–H and O–H groups in total. The number of hydrogen-bond donors (Lipinski definition) is 2. The van der Waals surface area contributed by atoms with E-state index in [1.54, 1.807) is 0 Å². The molecule has 160 valence electrons. The number of thiazole rings is 1. The molecular weight excluding hydrogens is 412 g/mol. The van der Waals surface area contributed by atoms with Gasteiger partial charge in [-0.15, -0.1) is 11.3 Å². The van der Waals surface area contributed by atoms with Gasteiger partial charge in [-0.1, -0.05) is 12.1 Å². The van der Waals surface area contributed by atoms with Gasteiger partial charge in [0.2, 0.25) is 0 Å². The number of pyridine rings is 1. The third kappa shape index (κ3) is 4.25. The Morgan fingerprint density at radius 2 is 1.97 bits per heavy atom. The van der Waals surface area contributed by atoms with E-state index in [0.29, 0.717) is 23.3 Å². The van der Waals surface area contributed by atoms with Gasteiger partial charge in [-0.05, 0) is 18.2 Å². The first-order chi connectivity index (χ1) is 15.2. The zero-order valence-corrected chi connectivity index (χ0v) is 18.1. The third-order valence-electron chi connectivity index (χ3n) is 5.33. The van der Waals surface area contributed by atoms with Crippen LogP contribution in [0.5, 0.6) is 0 Å². The van der Waals surface area contributed by atoms with Crippen LogP contribution in [0.25, 0.3) is 17.5 Å². The largest absolute Gasteiger partial charge is 0.390 e. The zero-order chi connectivity index (χ0) is 21.2. The minimum atomic E-state index is -0.0799. The molecule has 2 aliphatic rings. The van der Waals surface area contributed by atoms with Crippen LogP contribution in [0.4, 0.5) is 16.6 Å². The van der Waals surface area contributed by atoms with Gasteiger partial charge in [0.1, 0.15) is 12.5 Å². The summed E-state index contributed by atoms with van der Waals surface area (Å²) in [6, 6.07) is 10.5. The Balaban J connectivity index is 1.51. The fourth-order valence-corrected chi connectivity index (χ4v) is 4.40. The molecule has 2 aliphatic heterocycles. The van der Waals surface area contributed by atoms with E-state index < -0.39 is 0 Å². The van der Waals surface area contributed by atoms with E-state index in [9.17, 15) is 5.11 Å². The number of aliphatic hydroxyl groups is 1. The van der Waals surface area contributed by atoms with Crippen molar-refractivity contribution in [3.8, 4) is 11.3 Å². The highest BCUT2D eigenvalue weighted by Crippen LogP contribution is 2.24. The molecule has 0 bridgehead atoms. The Labute approximate surface area is 184 Å². The summed E-state index contributed by atoms with van der Waals surface area (Å²) in [6.45, 7) is 3.89. The molecule has 4 heterocycles. The number of rotatable bonds is 5. The maximum Gasteiger partial charge on any atom is 0.188 e.